The molecule has 0 bridgehead atoms. The molecule has 1 aliphatic carbocycles. The van der Waals surface area contributed by atoms with E-state index in [4.69, 9.17) is 15.2 Å². The second-order valence-electron chi connectivity index (χ2n) is 9.54. The van der Waals surface area contributed by atoms with Gasteiger partial charge in [-0.15, -0.1) is 0 Å². The van der Waals surface area contributed by atoms with Crippen LogP contribution in [0.25, 0.3) is 0 Å². The van der Waals surface area contributed by atoms with Gasteiger partial charge in [-0.3, -0.25) is 9.69 Å². The van der Waals surface area contributed by atoms with Crippen LogP contribution < -0.4 is 26.0 Å². The van der Waals surface area contributed by atoms with Gasteiger partial charge in [0.25, 0.3) is 5.91 Å². The first-order valence-corrected chi connectivity index (χ1v) is 12.2. The van der Waals surface area contributed by atoms with Crippen molar-refractivity contribution < 1.29 is 14.3 Å². The van der Waals surface area contributed by atoms with Crippen molar-refractivity contribution in [2.45, 2.75) is 43.8 Å². The molecule has 0 unspecified atom stereocenters. The maximum absolute atomic E-state index is 11.7. The van der Waals surface area contributed by atoms with E-state index in [1.165, 1.54) is 6.20 Å². The third-order valence-electron chi connectivity index (χ3n) is 7.15. The summed E-state index contributed by atoms with van der Waals surface area (Å²) in [5.41, 5.74) is 7.76. The van der Waals surface area contributed by atoms with E-state index in [-0.39, 0.29) is 0 Å². The summed E-state index contributed by atoms with van der Waals surface area (Å²) in [5.74, 6) is 1.22. The number of aromatic nitrogens is 2. The predicted octanol–water partition coefficient (Wildman–Crippen LogP) is 1.96. The number of benzene rings is 1. The van der Waals surface area contributed by atoms with Crippen molar-refractivity contribution in [1.29, 1.82) is 0 Å². The van der Waals surface area contributed by atoms with Gasteiger partial charge in [0.05, 0.1) is 17.3 Å². The normalized spacial score (nSPS) is 22.9. The van der Waals surface area contributed by atoms with Gasteiger partial charge >= 0.3 is 0 Å². The van der Waals surface area contributed by atoms with Gasteiger partial charge in [-0.1, -0.05) is 0 Å². The molecule has 10 nitrogen and oxygen atoms in total. The monoisotopic (exact) mass is 465 g/mol. The largest absolute Gasteiger partial charge is 0.489 e. The van der Waals surface area contributed by atoms with Crippen LogP contribution in [0.1, 0.15) is 36.0 Å². The molecule has 34 heavy (non-hydrogen) atoms. The van der Waals surface area contributed by atoms with E-state index >= 15 is 0 Å². The number of nitrogens with two attached hydrogens (primary N) is 1. The van der Waals surface area contributed by atoms with E-state index in [1.807, 2.05) is 12.1 Å². The van der Waals surface area contributed by atoms with Crippen molar-refractivity contribution in [3.05, 3.63) is 30.0 Å². The summed E-state index contributed by atoms with van der Waals surface area (Å²) in [7, 11) is 0. The van der Waals surface area contributed by atoms with E-state index in [0.717, 1.165) is 75.7 Å². The Balaban J connectivity index is 1.16. The fourth-order valence-electron chi connectivity index (χ4n) is 5.13. The molecule has 4 heterocycles. The minimum atomic E-state index is -0.539. The third kappa shape index (κ3) is 4.35. The molecule has 4 N–H and O–H groups in total. The standard InChI is InChI=1S/C24H31N7O3/c25-22(32)19-12-26-24(29-23(19)27-15-1-2-15)28-16-3-4-20-21(11-16)34-14-18-13-30(7-8-31(18)20)17-5-9-33-10-6-17/h3-4,11-12,15,17-18H,1-2,5-10,13-14H2,(H2,25,32)(H2,26,27,28,29)/t18-/m1/s1. The van der Waals surface area contributed by atoms with Crippen molar-refractivity contribution in [3.8, 4) is 5.75 Å². The van der Waals surface area contributed by atoms with Crippen molar-refractivity contribution >= 4 is 29.0 Å². The van der Waals surface area contributed by atoms with Crippen molar-refractivity contribution in [3.63, 3.8) is 0 Å². The average molecular weight is 466 g/mol. The molecule has 180 valence electrons. The molecule has 3 fully saturated rings. The number of ether oxygens (including phenoxy) is 2. The topological polar surface area (TPSA) is 118 Å². The summed E-state index contributed by atoms with van der Waals surface area (Å²) >= 11 is 0. The molecule has 2 saturated heterocycles. The van der Waals surface area contributed by atoms with Crippen LogP contribution in [0.5, 0.6) is 5.75 Å². The van der Waals surface area contributed by atoms with Crippen LogP contribution in [0.3, 0.4) is 0 Å². The average Bonchev–Trinajstić information content (AvgIpc) is 3.68. The van der Waals surface area contributed by atoms with Crippen LogP contribution in [0.15, 0.2) is 24.4 Å². The number of carbonyl (C=O) groups is 1. The number of anilines is 4. The van der Waals surface area contributed by atoms with E-state index in [2.05, 4.69) is 36.5 Å². The molecule has 1 aromatic carbocycles. The zero-order chi connectivity index (χ0) is 23.1. The summed E-state index contributed by atoms with van der Waals surface area (Å²) in [6.07, 6.45) is 5.86. The van der Waals surface area contributed by atoms with E-state index in [9.17, 15) is 4.79 Å². The van der Waals surface area contributed by atoms with Crippen LogP contribution in [0, 0.1) is 0 Å². The highest BCUT2D eigenvalue weighted by atomic mass is 16.5. The quantitative estimate of drug-likeness (QED) is 0.588. The van der Waals surface area contributed by atoms with Crippen LogP contribution in [-0.2, 0) is 4.74 Å². The van der Waals surface area contributed by atoms with Crippen LogP contribution >= 0.6 is 0 Å². The number of hydrogen-bond acceptors (Lipinski definition) is 9. The van der Waals surface area contributed by atoms with Crippen molar-refractivity contribution in [1.82, 2.24) is 14.9 Å². The van der Waals surface area contributed by atoms with E-state index in [0.29, 0.717) is 42.1 Å². The summed E-state index contributed by atoms with van der Waals surface area (Å²) < 4.78 is 11.7. The van der Waals surface area contributed by atoms with E-state index < -0.39 is 5.91 Å². The summed E-state index contributed by atoms with van der Waals surface area (Å²) in [6.45, 7) is 5.52. The first-order valence-electron chi connectivity index (χ1n) is 12.2. The van der Waals surface area contributed by atoms with Gasteiger partial charge in [-0.2, -0.15) is 4.98 Å². The SMILES string of the molecule is NC(=O)c1cnc(Nc2ccc3c(c2)OC[C@H]2CN(C4CCOCC4)CCN32)nc1NC1CC1. The Bertz CT molecular complexity index is 1070. The molecule has 2 aromatic rings. The van der Waals surface area contributed by atoms with Crippen LogP contribution in [0.2, 0.25) is 0 Å². The number of nitrogens with one attached hydrogen (secondary N) is 2. The van der Waals surface area contributed by atoms with Crippen molar-refractivity contribution in [2.75, 3.05) is 55.0 Å². The Hall–Kier alpha value is -3.11. The minimum Gasteiger partial charge on any atom is -0.489 e. The maximum Gasteiger partial charge on any atom is 0.254 e. The van der Waals surface area contributed by atoms with Crippen LogP contribution in [0.4, 0.5) is 23.1 Å². The Morgan fingerprint density at radius 2 is 1.97 bits per heavy atom. The molecular formula is C24H31N7O3. The molecule has 4 aliphatic rings. The second kappa shape index (κ2) is 8.92. The lowest BCUT2D eigenvalue weighted by Gasteiger charge is -2.48. The number of piperazine rings is 1. The smallest absolute Gasteiger partial charge is 0.254 e. The number of rotatable bonds is 6. The Kier molecular flexibility index (Phi) is 5.62. The number of hydrogen-bond donors (Lipinski definition) is 3. The highest BCUT2D eigenvalue weighted by molar-refractivity contribution is 5.97. The molecule has 1 atom stereocenters. The summed E-state index contributed by atoms with van der Waals surface area (Å²) in [6, 6.07) is 7.46. The fraction of sp³-hybridized carbons (Fsp3) is 0.542. The molecular weight excluding hydrogens is 434 g/mol. The van der Waals surface area contributed by atoms with Gasteiger partial charge < -0.3 is 30.7 Å². The van der Waals surface area contributed by atoms with Gasteiger partial charge in [0.15, 0.2) is 0 Å². The van der Waals surface area contributed by atoms with Gasteiger partial charge in [-0.05, 0) is 37.8 Å². The Morgan fingerprint density at radius 1 is 1.12 bits per heavy atom. The number of carbonyl (C=O) groups excluding carboxylic acids is 1. The van der Waals surface area contributed by atoms with Crippen LogP contribution in [-0.4, -0.2) is 78.4 Å². The predicted molar refractivity (Wildman–Crippen MR) is 129 cm³/mol. The molecule has 0 radical (unpaired) electrons. The Labute approximate surface area is 198 Å². The lowest BCUT2D eigenvalue weighted by atomic mass is 10.0. The molecule has 10 heteroatoms. The first kappa shape index (κ1) is 21.4. The van der Waals surface area contributed by atoms with Gasteiger partial charge in [0.2, 0.25) is 5.95 Å². The highest BCUT2D eigenvalue weighted by Gasteiger charge is 2.35. The third-order valence-corrected chi connectivity index (χ3v) is 7.15. The number of primary amides is 1. The van der Waals surface area contributed by atoms with Gasteiger partial charge in [0, 0.05) is 62.9 Å². The van der Waals surface area contributed by atoms with E-state index in [1.54, 1.807) is 0 Å². The second-order valence-corrected chi connectivity index (χ2v) is 9.54. The van der Waals surface area contributed by atoms with Gasteiger partial charge in [0.1, 0.15) is 18.2 Å². The van der Waals surface area contributed by atoms with Gasteiger partial charge in [-0.25, -0.2) is 4.98 Å². The maximum atomic E-state index is 11.7. The number of amides is 1. The zero-order valence-corrected chi connectivity index (χ0v) is 19.2. The molecule has 1 aromatic heterocycles. The fourth-order valence-corrected chi connectivity index (χ4v) is 5.13. The zero-order valence-electron chi connectivity index (χ0n) is 19.2. The highest BCUT2D eigenvalue weighted by Crippen LogP contribution is 2.38. The molecule has 3 aliphatic heterocycles. The molecule has 6 rings (SSSR count). The summed E-state index contributed by atoms with van der Waals surface area (Å²) in [4.78, 5) is 25.6. The molecule has 0 spiro atoms. The van der Waals surface area contributed by atoms with Crippen molar-refractivity contribution in [2.24, 2.45) is 5.73 Å². The molecule has 1 amide bonds. The number of nitrogens with zero attached hydrogens (tertiary/aromatic N) is 4. The summed E-state index contributed by atoms with van der Waals surface area (Å²) in [5, 5.41) is 6.51. The lowest BCUT2D eigenvalue weighted by Crippen LogP contribution is -2.59. The minimum absolute atomic E-state index is 0.303. The Morgan fingerprint density at radius 3 is 2.76 bits per heavy atom. The lowest BCUT2D eigenvalue weighted by molar-refractivity contribution is 0.0231. The number of fused-ring (bicyclic) bond motifs is 3. The molecule has 1 saturated carbocycles. The first-order chi connectivity index (χ1) is 16.6.